The van der Waals surface area contributed by atoms with Gasteiger partial charge in [-0.25, -0.2) is 4.98 Å². The minimum absolute atomic E-state index is 0.172. The summed E-state index contributed by atoms with van der Waals surface area (Å²) in [4.78, 5) is 6.36. The van der Waals surface area contributed by atoms with Gasteiger partial charge in [0, 0.05) is 24.8 Å². The van der Waals surface area contributed by atoms with Crippen LogP contribution in [-0.2, 0) is 0 Å². The predicted molar refractivity (Wildman–Crippen MR) is 82.3 cm³/mol. The van der Waals surface area contributed by atoms with Gasteiger partial charge in [-0.1, -0.05) is 23.4 Å². The molecule has 0 saturated carbocycles. The Labute approximate surface area is 123 Å². The van der Waals surface area contributed by atoms with Crippen LogP contribution in [0.2, 0.25) is 0 Å². The third kappa shape index (κ3) is 3.62. The van der Waals surface area contributed by atoms with Crippen molar-refractivity contribution in [2.24, 2.45) is 10.9 Å². The lowest BCUT2D eigenvalue weighted by Gasteiger charge is -2.25. The topological polar surface area (TPSA) is 84.0 Å². The molecule has 0 aliphatic rings. The first-order chi connectivity index (χ1) is 10.3. The van der Waals surface area contributed by atoms with E-state index in [4.69, 9.17) is 15.7 Å². The first kappa shape index (κ1) is 14.6. The first-order valence-corrected chi connectivity index (χ1v) is 6.54. The fourth-order valence-electron chi connectivity index (χ4n) is 1.99. The maximum absolute atomic E-state index is 8.69. The summed E-state index contributed by atoms with van der Waals surface area (Å²) < 4.78 is 5.37. The van der Waals surface area contributed by atoms with Crippen LogP contribution >= 0.6 is 0 Å². The molecule has 0 aliphatic heterocycles. The SMILES string of the molecule is COc1cccnc1N(CC/C(N)=N/O)c1ccccc1. The van der Waals surface area contributed by atoms with E-state index in [-0.39, 0.29) is 5.84 Å². The molecule has 1 aromatic heterocycles. The Morgan fingerprint density at radius 1 is 1.29 bits per heavy atom. The normalized spacial score (nSPS) is 11.2. The molecule has 0 atom stereocenters. The van der Waals surface area contributed by atoms with Gasteiger partial charge >= 0.3 is 0 Å². The van der Waals surface area contributed by atoms with E-state index in [2.05, 4.69) is 10.1 Å². The highest BCUT2D eigenvalue weighted by Crippen LogP contribution is 2.31. The highest BCUT2D eigenvalue weighted by molar-refractivity contribution is 5.80. The second kappa shape index (κ2) is 7.14. The Hall–Kier alpha value is -2.76. The van der Waals surface area contributed by atoms with Crippen LogP contribution in [0.5, 0.6) is 5.75 Å². The lowest BCUT2D eigenvalue weighted by atomic mass is 10.2. The molecule has 2 rings (SSSR count). The summed E-state index contributed by atoms with van der Waals surface area (Å²) in [7, 11) is 1.60. The van der Waals surface area contributed by atoms with Gasteiger partial charge in [0.1, 0.15) is 5.84 Å². The number of methoxy groups -OCH3 is 1. The number of aromatic nitrogens is 1. The van der Waals surface area contributed by atoms with E-state index in [0.717, 1.165) is 5.69 Å². The third-order valence-electron chi connectivity index (χ3n) is 3.01. The highest BCUT2D eigenvalue weighted by atomic mass is 16.5. The fraction of sp³-hybridized carbons (Fsp3) is 0.200. The molecule has 0 fully saturated rings. The Balaban J connectivity index is 2.36. The summed E-state index contributed by atoms with van der Waals surface area (Å²) in [5, 5.41) is 11.7. The van der Waals surface area contributed by atoms with Crippen molar-refractivity contribution in [3.05, 3.63) is 48.7 Å². The van der Waals surface area contributed by atoms with E-state index in [1.54, 1.807) is 13.3 Å². The van der Waals surface area contributed by atoms with Gasteiger partial charge in [-0.15, -0.1) is 0 Å². The monoisotopic (exact) mass is 286 g/mol. The summed E-state index contributed by atoms with van der Waals surface area (Å²) in [6.45, 7) is 0.521. The number of pyridine rings is 1. The standard InChI is InChI=1S/C15H18N4O2/c1-21-13-8-5-10-17-15(13)19(11-9-14(16)18-20)12-6-3-2-4-7-12/h2-8,10,20H,9,11H2,1H3,(H2,16,18). The maximum atomic E-state index is 8.69. The number of oxime groups is 1. The lowest BCUT2D eigenvalue weighted by molar-refractivity contribution is 0.317. The number of ether oxygens (including phenoxy) is 1. The van der Waals surface area contributed by atoms with E-state index < -0.39 is 0 Å². The molecule has 0 unspecified atom stereocenters. The molecule has 1 heterocycles. The van der Waals surface area contributed by atoms with Crippen LogP contribution in [0, 0.1) is 0 Å². The molecule has 110 valence electrons. The second-order valence-corrected chi connectivity index (χ2v) is 4.36. The number of benzene rings is 1. The Kier molecular flexibility index (Phi) is 4.98. The zero-order valence-electron chi connectivity index (χ0n) is 11.8. The molecular formula is C15H18N4O2. The third-order valence-corrected chi connectivity index (χ3v) is 3.01. The molecule has 0 aliphatic carbocycles. The molecule has 0 radical (unpaired) electrons. The van der Waals surface area contributed by atoms with Gasteiger partial charge in [0.15, 0.2) is 11.6 Å². The Bertz CT molecular complexity index is 602. The molecule has 0 bridgehead atoms. The van der Waals surface area contributed by atoms with Gasteiger partial charge < -0.3 is 20.6 Å². The molecule has 21 heavy (non-hydrogen) atoms. The number of hydrogen-bond acceptors (Lipinski definition) is 5. The van der Waals surface area contributed by atoms with Crippen molar-refractivity contribution in [2.75, 3.05) is 18.6 Å². The highest BCUT2D eigenvalue weighted by Gasteiger charge is 2.15. The van der Waals surface area contributed by atoms with Crippen LogP contribution in [0.25, 0.3) is 0 Å². The molecule has 0 spiro atoms. The van der Waals surface area contributed by atoms with Crippen LogP contribution in [0.15, 0.2) is 53.8 Å². The Morgan fingerprint density at radius 2 is 2.05 bits per heavy atom. The van der Waals surface area contributed by atoms with Crippen LogP contribution in [-0.4, -0.2) is 29.7 Å². The smallest absolute Gasteiger partial charge is 0.175 e. The average Bonchev–Trinajstić information content (AvgIpc) is 2.56. The van der Waals surface area contributed by atoms with Gasteiger partial charge in [-0.05, 0) is 24.3 Å². The van der Waals surface area contributed by atoms with Crippen molar-refractivity contribution in [3.63, 3.8) is 0 Å². The van der Waals surface area contributed by atoms with E-state index >= 15 is 0 Å². The molecule has 1 aromatic carbocycles. The zero-order valence-corrected chi connectivity index (χ0v) is 11.8. The van der Waals surface area contributed by atoms with Crippen molar-refractivity contribution in [2.45, 2.75) is 6.42 Å². The number of rotatable bonds is 6. The van der Waals surface area contributed by atoms with Crippen LogP contribution in [0.4, 0.5) is 11.5 Å². The summed E-state index contributed by atoms with van der Waals surface area (Å²) >= 11 is 0. The summed E-state index contributed by atoms with van der Waals surface area (Å²) in [6, 6.07) is 13.4. The largest absolute Gasteiger partial charge is 0.493 e. The second-order valence-electron chi connectivity index (χ2n) is 4.36. The summed E-state index contributed by atoms with van der Waals surface area (Å²) in [5.41, 5.74) is 6.53. The molecule has 6 heteroatoms. The van der Waals surface area contributed by atoms with Crippen LogP contribution in [0.3, 0.4) is 0 Å². The lowest BCUT2D eigenvalue weighted by Crippen LogP contribution is -2.25. The molecule has 0 amide bonds. The molecule has 2 aromatic rings. The zero-order chi connectivity index (χ0) is 15.1. The van der Waals surface area contributed by atoms with Crippen LogP contribution < -0.4 is 15.4 Å². The van der Waals surface area contributed by atoms with Gasteiger partial charge in [0.05, 0.1) is 7.11 Å². The van der Waals surface area contributed by atoms with Crippen molar-refractivity contribution in [1.29, 1.82) is 0 Å². The van der Waals surface area contributed by atoms with E-state index in [9.17, 15) is 0 Å². The summed E-state index contributed by atoms with van der Waals surface area (Å²) in [6.07, 6.45) is 2.11. The van der Waals surface area contributed by atoms with Crippen molar-refractivity contribution < 1.29 is 9.94 Å². The predicted octanol–water partition coefficient (Wildman–Crippen LogP) is 2.36. The molecule has 3 N–H and O–H groups in total. The number of anilines is 2. The van der Waals surface area contributed by atoms with Crippen molar-refractivity contribution >= 4 is 17.3 Å². The quantitative estimate of drug-likeness (QED) is 0.368. The fourth-order valence-corrected chi connectivity index (χ4v) is 1.99. The number of para-hydroxylation sites is 1. The van der Waals surface area contributed by atoms with Crippen molar-refractivity contribution in [3.8, 4) is 5.75 Å². The van der Waals surface area contributed by atoms with Gasteiger partial charge in [0.2, 0.25) is 0 Å². The van der Waals surface area contributed by atoms with Gasteiger partial charge in [-0.2, -0.15) is 0 Å². The van der Waals surface area contributed by atoms with Crippen molar-refractivity contribution in [1.82, 2.24) is 4.98 Å². The minimum atomic E-state index is 0.172. The Morgan fingerprint density at radius 3 is 2.71 bits per heavy atom. The number of nitrogens with zero attached hydrogens (tertiary/aromatic N) is 3. The maximum Gasteiger partial charge on any atom is 0.175 e. The van der Waals surface area contributed by atoms with Crippen LogP contribution in [0.1, 0.15) is 6.42 Å². The number of hydrogen-bond donors (Lipinski definition) is 2. The van der Waals surface area contributed by atoms with Gasteiger partial charge in [0.25, 0.3) is 0 Å². The summed E-state index contributed by atoms with van der Waals surface area (Å²) in [5.74, 6) is 1.53. The number of nitrogens with two attached hydrogens (primary N) is 1. The first-order valence-electron chi connectivity index (χ1n) is 6.54. The minimum Gasteiger partial charge on any atom is -0.493 e. The number of amidine groups is 1. The van der Waals surface area contributed by atoms with Gasteiger partial charge in [-0.3, -0.25) is 0 Å². The molecular weight excluding hydrogens is 268 g/mol. The van der Waals surface area contributed by atoms with E-state index in [1.165, 1.54) is 0 Å². The molecule has 0 saturated heterocycles. The average molecular weight is 286 g/mol. The molecule has 6 nitrogen and oxygen atoms in total. The van der Waals surface area contributed by atoms with E-state index in [1.807, 2.05) is 47.4 Å². The van der Waals surface area contributed by atoms with E-state index in [0.29, 0.717) is 24.5 Å².